The van der Waals surface area contributed by atoms with Crippen molar-refractivity contribution in [2.75, 3.05) is 39.8 Å². The first-order valence-corrected chi connectivity index (χ1v) is 11.6. The normalized spacial score (nSPS) is 20.3. The molecule has 6 heteroatoms. The number of likely N-dealkylation sites (tertiary alicyclic amines) is 2. The van der Waals surface area contributed by atoms with Crippen LogP contribution in [-0.4, -0.2) is 72.3 Å². The highest BCUT2D eigenvalue weighted by molar-refractivity contribution is 5.79. The molecule has 0 radical (unpaired) electrons. The zero-order valence-corrected chi connectivity index (χ0v) is 19.2. The number of nitrogens with zero attached hydrogens (tertiary/aromatic N) is 3. The summed E-state index contributed by atoms with van der Waals surface area (Å²) in [6.45, 7) is 11.6. The molecule has 6 nitrogen and oxygen atoms in total. The Morgan fingerprint density at radius 3 is 2.27 bits per heavy atom. The molecule has 0 bridgehead atoms. The van der Waals surface area contributed by atoms with Gasteiger partial charge in [-0.1, -0.05) is 30.7 Å². The van der Waals surface area contributed by atoms with Crippen molar-refractivity contribution < 1.29 is 5.11 Å². The SMILES string of the molecule is CN=C(NCc1ccc(CN2CCC(O)CC2)cc1)NCC(C)(C)N1CCCCC1. The second kappa shape index (κ2) is 11.1. The van der Waals surface area contributed by atoms with Crippen LogP contribution in [0.15, 0.2) is 29.3 Å². The first-order chi connectivity index (χ1) is 14.5. The quantitative estimate of drug-likeness (QED) is 0.472. The summed E-state index contributed by atoms with van der Waals surface area (Å²) in [7, 11) is 1.84. The molecule has 2 saturated heterocycles. The van der Waals surface area contributed by atoms with Crippen LogP contribution in [0.1, 0.15) is 57.1 Å². The van der Waals surface area contributed by atoms with E-state index in [9.17, 15) is 5.11 Å². The van der Waals surface area contributed by atoms with Gasteiger partial charge < -0.3 is 15.7 Å². The Bertz CT molecular complexity index is 659. The lowest BCUT2D eigenvalue weighted by molar-refractivity contribution is 0.0792. The fraction of sp³-hybridized carbons (Fsp3) is 0.708. The van der Waals surface area contributed by atoms with Crippen molar-refractivity contribution >= 4 is 5.96 Å². The third-order valence-electron chi connectivity index (χ3n) is 6.57. The van der Waals surface area contributed by atoms with E-state index in [0.717, 1.165) is 51.5 Å². The maximum atomic E-state index is 9.65. The predicted octanol–water partition coefficient (Wildman–Crippen LogP) is 2.57. The van der Waals surface area contributed by atoms with Crippen molar-refractivity contribution in [1.29, 1.82) is 0 Å². The first kappa shape index (κ1) is 23.0. The topological polar surface area (TPSA) is 63.1 Å². The van der Waals surface area contributed by atoms with Crippen LogP contribution in [0.25, 0.3) is 0 Å². The minimum atomic E-state index is -0.108. The van der Waals surface area contributed by atoms with Gasteiger partial charge in [-0.2, -0.15) is 0 Å². The summed E-state index contributed by atoms with van der Waals surface area (Å²) in [5.74, 6) is 0.857. The summed E-state index contributed by atoms with van der Waals surface area (Å²) in [6.07, 6.45) is 5.66. The molecule has 0 amide bonds. The fourth-order valence-corrected chi connectivity index (χ4v) is 4.42. The number of aliphatic imine (C=N–C) groups is 1. The number of benzene rings is 1. The number of rotatable bonds is 7. The molecule has 2 aliphatic heterocycles. The number of hydrogen-bond donors (Lipinski definition) is 3. The molecule has 0 atom stereocenters. The highest BCUT2D eigenvalue weighted by Gasteiger charge is 2.27. The van der Waals surface area contributed by atoms with Gasteiger partial charge in [-0.3, -0.25) is 14.8 Å². The number of nitrogens with one attached hydrogen (secondary N) is 2. The van der Waals surface area contributed by atoms with Crippen LogP contribution in [0.4, 0.5) is 0 Å². The van der Waals surface area contributed by atoms with E-state index in [0.29, 0.717) is 0 Å². The Morgan fingerprint density at radius 2 is 1.63 bits per heavy atom. The molecule has 2 heterocycles. The smallest absolute Gasteiger partial charge is 0.191 e. The summed E-state index contributed by atoms with van der Waals surface area (Å²) < 4.78 is 0. The van der Waals surface area contributed by atoms with Gasteiger partial charge in [0.05, 0.1) is 6.10 Å². The zero-order valence-electron chi connectivity index (χ0n) is 19.2. The summed E-state index contributed by atoms with van der Waals surface area (Å²) in [6, 6.07) is 8.84. The average molecular weight is 416 g/mol. The molecule has 168 valence electrons. The Balaban J connectivity index is 1.42. The third kappa shape index (κ3) is 6.96. The molecule has 1 aromatic rings. The van der Waals surface area contributed by atoms with Crippen molar-refractivity contribution in [2.24, 2.45) is 4.99 Å². The van der Waals surface area contributed by atoms with Crippen LogP contribution in [-0.2, 0) is 13.1 Å². The van der Waals surface area contributed by atoms with Gasteiger partial charge in [-0.15, -0.1) is 0 Å². The molecule has 3 N–H and O–H groups in total. The lowest BCUT2D eigenvalue weighted by Gasteiger charge is -2.41. The van der Waals surface area contributed by atoms with E-state index in [2.05, 4.69) is 63.5 Å². The van der Waals surface area contributed by atoms with Gasteiger partial charge >= 0.3 is 0 Å². The molecule has 0 aliphatic carbocycles. The van der Waals surface area contributed by atoms with Crippen molar-refractivity contribution in [2.45, 2.75) is 70.7 Å². The van der Waals surface area contributed by atoms with Gasteiger partial charge in [-0.25, -0.2) is 0 Å². The highest BCUT2D eigenvalue weighted by Crippen LogP contribution is 2.20. The van der Waals surface area contributed by atoms with Crippen molar-refractivity contribution in [3.63, 3.8) is 0 Å². The first-order valence-electron chi connectivity index (χ1n) is 11.6. The minimum Gasteiger partial charge on any atom is -0.393 e. The number of guanidine groups is 1. The van der Waals surface area contributed by atoms with Crippen LogP contribution >= 0.6 is 0 Å². The number of aliphatic hydroxyl groups excluding tert-OH is 1. The maximum Gasteiger partial charge on any atom is 0.191 e. The van der Waals surface area contributed by atoms with Gasteiger partial charge in [0.25, 0.3) is 0 Å². The van der Waals surface area contributed by atoms with E-state index in [-0.39, 0.29) is 11.6 Å². The second-order valence-corrected chi connectivity index (χ2v) is 9.46. The van der Waals surface area contributed by atoms with E-state index in [1.54, 1.807) is 0 Å². The standard InChI is InChI=1S/C24H41N5O/c1-24(2,29-13-5-4-6-14-29)19-27-23(25-3)26-17-20-7-9-21(10-8-20)18-28-15-11-22(30)12-16-28/h7-10,22,30H,4-6,11-19H2,1-3H3,(H2,25,26,27). The molecule has 0 saturated carbocycles. The Hall–Kier alpha value is -1.63. The lowest BCUT2D eigenvalue weighted by Crippen LogP contribution is -2.54. The van der Waals surface area contributed by atoms with Crippen LogP contribution in [0, 0.1) is 0 Å². The molecule has 0 aromatic heterocycles. The van der Waals surface area contributed by atoms with Gasteiger partial charge in [-0.05, 0) is 63.7 Å². The number of hydrogen-bond acceptors (Lipinski definition) is 4. The molecule has 1 aromatic carbocycles. The Kier molecular flexibility index (Phi) is 8.54. The summed E-state index contributed by atoms with van der Waals surface area (Å²) >= 11 is 0. The molecular formula is C24H41N5O. The largest absolute Gasteiger partial charge is 0.393 e. The molecule has 0 unspecified atom stereocenters. The molecule has 0 spiro atoms. The van der Waals surface area contributed by atoms with Gasteiger partial charge in [0.15, 0.2) is 5.96 Å². The van der Waals surface area contributed by atoms with E-state index in [1.165, 1.54) is 43.5 Å². The van der Waals surface area contributed by atoms with Crippen molar-refractivity contribution in [3.05, 3.63) is 35.4 Å². The predicted molar refractivity (Wildman–Crippen MR) is 125 cm³/mol. The minimum absolute atomic E-state index is 0.108. The zero-order chi connectivity index (χ0) is 21.4. The van der Waals surface area contributed by atoms with Gasteiger partial charge in [0, 0.05) is 45.3 Å². The maximum absolute atomic E-state index is 9.65. The van der Waals surface area contributed by atoms with Crippen molar-refractivity contribution in [1.82, 2.24) is 20.4 Å². The lowest BCUT2D eigenvalue weighted by atomic mass is 9.98. The molecule has 30 heavy (non-hydrogen) atoms. The monoisotopic (exact) mass is 415 g/mol. The van der Waals surface area contributed by atoms with Crippen LogP contribution < -0.4 is 10.6 Å². The van der Waals surface area contributed by atoms with Crippen molar-refractivity contribution in [3.8, 4) is 0 Å². The molecule has 3 rings (SSSR count). The Labute approximate surface area is 182 Å². The average Bonchev–Trinajstić information content (AvgIpc) is 2.77. The van der Waals surface area contributed by atoms with E-state index in [1.807, 2.05) is 7.05 Å². The molecular weight excluding hydrogens is 374 g/mol. The summed E-state index contributed by atoms with van der Waals surface area (Å²) in [5, 5.41) is 16.6. The molecule has 2 aliphatic rings. The summed E-state index contributed by atoms with van der Waals surface area (Å²) in [5.41, 5.74) is 2.72. The van der Waals surface area contributed by atoms with Gasteiger partial charge in [0.2, 0.25) is 0 Å². The van der Waals surface area contributed by atoms with Gasteiger partial charge in [0.1, 0.15) is 0 Å². The highest BCUT2D eigenvalue weighted by atomic mass is 16.3. The van der Waals surface area contributed by atoms with Crippen LogP contribution in [0.5, 0.6) is 0 Å². The van der Waals surface area contributed by atoms with E-state index >= 15 is 0 Å². The van der Waals surface area contributed by atoms with Crippen LogP contribution in [0.2, 0.25) is 0 Å². The number of piperidine rings is 2. The van der Waals surface area contributed by atoms with E-state index in [4.69, 9.17) is 0 Å². The Morgan fingerprint density at radius 1 is 1.00 bits per heavy atom. The fourth-order valence-electron chi connectivity index (χ4n) is 4.42. The van der Waals surface area contributed by atoms with Crippen LogP contribution in [0.3, 0.4) is 0 Å². The summed E-state index contributed by atoms with van der Waals surface area (Å²) in [4.78, 5) is 9.42. The third-order valence-corrected chi connectivity index (χ3v) is 6.57. The molecule has 2 fully saturated rings. The van der Waals surface area contributed by atoms with E-state index < -0.39 is 0 Å². The second-order valence-electron chi connectivity index (χ2n) is 9.46. The number of aliphatic hydroxyl groups is 1.